The van der Waals surface area contributed by atoms with Crippen molar-refractivity contribution in [1.29, 1.82) is 0 Å². The van der Waals surface area contributed by atoms with Crippen molar-refractivity contribution in [3.63, 3.8) is 0 Å². The Bertz CT molecular complexity index is 1610. The zero-order valence-corrected chi connectivity index (χ0v) is 18.7. The van der Waals surface area contributed by atoms with Crippen LogP contribution in [-0.2, 0) is 10.0 Å². The van der Waals surface area contributed by atoms with E-state index in [9.17, 15) is 8.42 Å². The van der Waals surface area contributed by atoms with Crippen molar-refractivity contribution in [3.05, 3.63) is 66.2 Å². The number of nitrogens with one attached hydrogen (secondary N) is 3. The third kappa shape index (κ3) is 3.48. The summed E-state index contributed by atoms with van der Waals surface area (Å²) in [5.74, 6) is 0.514. The fourth-order valence-electron chi connectivity index (χ4n) is 4.02. The summed E-state index contributed by atoms with van der Waals surface area (Å²) in [4.78, 5) is 8.48. The molecule has 3 N–H and O–H groups in total. The van der Waals surface area contributed by atoms with Gasteiger partial charge in [0, 0.05) is 16.8 Å². The van der Waals surface area contributed by atoms with Crippen molar-refractivity contribution in [2.24, 2.45) is 0 Å². The molecule has 2 aromatic heterocycles. The van der Waals surface area contributed by atoms with E-state index in [-0.39, 0.29) is 0 Å². The molecule has 8 heteroatoms. The van der Waals surface area contributed by atoms with Gasteiger partial charge in [0.15, 0.2) is 0 Å². The van der Waals surface area contributed by atoms with Crippen LogP contribution in [0.1, 0.15) is 5.56 Å². The maximum atomic E-state index is 11.6. The zero-order chi connectivity index (χ0) is 22.5. The molecule has 0 aliphatic carbocycles. The average molecular weight is 447 g/mol. The molecule has 0 saturated carbocycles. The van der Waals surface area contributed by atoms with Crippen LogP contribution in [0.2, 0.25) is 0 Å². The van der Waals surface area contributed by atoms with E-state index in [1.807, 2.05) is 30.3 Å². The summed E-state index contributed by atoms with van der Waals surface area (Å²) >= 11 is 0. The van der Waals surface area contributed by atoms with E-state index in [1.165, 1.54) is 0 Å². The molecule has 32 heavy (non-hydrogen) atoms. The number of fused-ring (bicyclic) bond motifs is 4. The highest BCUT2D eigenvalue weighted by Gasteiger charge is 2.17. The van der Waals surface area contributed by atoms with Crippen molar-refractivity contribution in [2.45, 2.75) is 6.92 Å². The number of hydrogen-bond donors (Lipinski definition) is 3. The normalized spacial score (nSPS) is 11.8. The molecule has 0 saturated heterocycles. The molecule has 0 radical (unpaired) electrons. The van der Waals surface area contributed by atoms with Crippen molar-refractivity contribution < 1.29 is 13.2 Å². The molecule has 0 fully saturated rings. The number of ether oxygens (including phenoxy) is 1. The van der Waals surface area contributed by atoms with E-state index in [4.69, 9.17) is 9.72 Å². The second kappa shape index (κ2) is 7.42. The van der Waals surface area contributed by atoms with Crippen molar-refractivity contribution >= 4 is 59.9 Å². The standard InChI is InChI=1S/C24H22N4O3S/c1-14-7-6-9-17-21(14)27-24-22(16-8-4-5-10-18(16)25-23(17)24)26-19-12-11-15(13-20(19)31-2)28-32(3,29)30/h4-13,27-28H,1-3H3,(H,25,26). The number of pyridine rings is 1. The molecule has 5 aromatic rings. The largest absolute Gasteiger partial charge is 0.494 e. The number of rotatable bonds is 5. The number of H-pyrrole nitrogens is 1. The monoisotopic (exact) mass is 446 g/mol. The summed E-state index contributed by atoms with van der Waals surface area (Å²) < 4.78 is 31.2. The van der Waals surface area contributed by atoms with Gasteiger partial charge in [-0.2, -0.15) is 0 Å². The van der Waals surface area contributed by atoms with Crippen LogP contribution in [0.4, 0.5) is 17.1 Å². The van der Waals surface area contributed by atoms with Crippen LogP contribution in [0.5, 0.6) is 5.75 Å². The van der Waals surface area contributed by atoms with E-state index in [0.717, 1.165) is 50.3 Å². The Morgan fingerprint density at radius 3 is 2.53 bits per heavy atom. The van der Waals surface area contributed by atoms with Gasteiger partial charge in [0.1, 0.15) is 5.75 Å². The minimum Gasteiger partial charge on any atom is -0.494 e. The molecule has 3 aromatic carbocycles. The summed E-state index contributed by atoms with van der Waals surface area (Å²) in [7, 11) is -1.84. The van der Waals surface area contributed by atoms with Crippen LogP contribution in [0.3, 0.4) is 0 Å². The number of methoxy groups -OCH3 is 1. The van der Waals surface area contributed by atoms with Crippen molar-refractivity contribution in [1.82, 2.24) is 9.97 Å². The Balaban J connectivity index is 1.73. The Morgan fingerprint density at radius 2 is 1.75 bits per heavy atom. The van der Waals surface area contributed by atoms with Gasteiger partial charge in [0.25, 0.3) is 0 Å². The van der Waals surface area contributed by atoms with Gasteiger partial charge in [0.2, 0.25) is 10.0 Å². The second-order valence-corrected chi connectivity index (χ2v) is 9.51. The first-order valence-corrected chi connectivity index (χ1v) is 12.0. The predicted octanol–water partition coefficient (Wildman–Crippen LogP) is 5.30. The molecule has 0 unspecified atom stereocenters. The van der Waals surface area contributed by atoms with Gasteiger partial charge in [-0.15, -0.1) is 0 Å². The first-order valence-electron chi connectivity index (χ1n) is 10.1. The summed E-state index contributed by atoms with van der Waals surface area (Å²) in [6.45, 7) is 2.07. The van der Waals surface area contributed by atoms with Crippen molar-refractivity contribution in [2.75, 3.05) is 23.4 Å². The number of aromatic nitrogens is 2. The molecule has 0 spiro atoms. The quantitative estimate of drug-likeness (QED) is 0.340. The Hall–Kier alpha value is -3.78. The smallest absolute Gasteiger partial charge is 0.229 e. The predicted molar refractivity (Wildman–Crippen MR) is 131 cm³/mol. The number of aromatic amines is 1. The number of anilines is 3. The van der Waals surface area contributed by atoms with Crippen LogP contribution in [0, 0.1) is 6.92 Å². The maximum Gasteiger partial charge on any atom is 0.229 e. The third-order valence-corrected chi connectivity index (χ3v) is 6.04. The van der Waals surface area contributed by atoms with Gasteiger partial charge in [-0.05, 0) is 30.7 Å². The fourth-order valence-corrected chi connectivity index (χ4v) is 4.58. The highest BCUT2D eigenvalue weighted by Crippen LogP contribution is 2.39. The highest BCUT2D eigenvalue weighted by molar-refractivity contribution is 7.92. The van der Waals surface area contributed by atoms with E-state index in [0.29, 0.717) is 17.1 Å². The summed E-state index contributed by atoms with van der Waals surface area (Å²) in [5.41, 5.74) is 6.87. The fraction of sp³-hybridized carbons (Fsp3) is 0.125. The lowest BCUT2D eigenvalue weighted by atomic mass is 10.1. The van der Waals surface area contributed by atoms with E-state index in [1.54, 1.807) is 25.3 Å². The van der Waals surface area contributed by atoms with E-state index >= 15 is 0 Å². The number of hydrogen-bond acceptors (Lipinski definition) is 5. The van der Waals surface area contributed by atoms with Crippen LogP contribution >= 0.6 is 0 Å². The molecule has 0 amide bonds. The number of para-hydroxylation sites is 2. The molecule has 7 nitrogen and oxygen atoms in total. The first-order chi connectivity index (χ1) is 15.3. The van der Waals surface area contributed by atoms with Gasteiger partial charge in [-0.25, -0.2) is 13.4 Å². The average Bonchev–Trinajstić information content (AvgIpc) is 3.13. The number of aryl methyl sites for hydroxylation is 1. The molecule has 162 valence electrons. The topological polar surface area (TPSA) is 96.1 Å². The van der Waals surface area contributed by atoms with Crippen LogP contribution in [0.15, 0.2) is 60.7 Å². The second-order valence-electron chi connectivity index (χ2n) is 7.76. The molecular weight excluding hydrogens is 424 g/mol. The molecule has 0 atom stereocenters. The lowest BCUT2D eigenvalue weighted by Crippen LogP contribution is -2.09. The minimum absolute atomic E-state index is 0.431. The van der Waals surface area contributed by atoms with Crippen LogP contribution in [0.25, 0.3) is 32.8 Å². The Morgan fingerprint density at radius 1 is 0.969 bits per heavy atom. The van der Waals surface area contributed by atoms with Gasteiger partial charge < -0.3 is 15.0 Å². The molecular formula is C24H22N4O3S. The first kappa shape index (κ1) is 20.1. The molecule has 0 aliphatic rings. The molecule has 0 bridgehead atoms. The summed E-state index contributed by atoms with van der Waals surface area (Å²) in [5, 5.41) is 5.53. The lowest BCUT2D eigenvalue weighted by Gasteiger charge is -2.15. The van der Waals surface area contributed by atoms with Gasteiger partial charge in [-0.3, -0.25) is 4.72 Å². The van der Waals surface area contributed by atoms with Crippen molar-refractivity contribution in [3.8, 4) is 5.75 Å². The van der Waals surface area contributed by atoms with Crippen LogP contribution in [-0.4, -0.2) is 31.8 Å². The van der Waals surface area contributed by atoms with E-state index in [2.05, 4.69) is 34.1 Å². The Labute approximate surface area is 185 Å². The lowest BCUT2D eigenvalue weighted by molar-refractivity contribution is 0.417. The number of nitrogens with zero attached hydrogens (tertiary/aromatic N) is 1. The van der Waals surface area contributed by atoms with Gasteiger partial charge >= 0.3 is 0 Å². The molecule has 2 heterocycles. The molecule has 5 rings (SSSR count). The van der Waals surface area contributed by atoms with Crippen LogP contribution < -0.4 is 14.8 Å². The summed E-state index contributed by atoms with van der Waals surface area (Å²) in [6.07, 6.45) is 1.11. The minimum atomic E-state index is -3.39. The molecule has 0 aliphatic heterocycles. The van der Waals surface area contributed by atoms with Gasteiger partial charge in [0.05, 0.1) is 52.5 Å². The summed E-state index contributed by atoms with van der Waals surface area (Å²) in [6, 6.07) is 19.3. The van der Waals surface area contributed by atoms with Gasteiger partial charge in [-0.1, -0.05) is 36.4 Å². The number of sulfonamides is 1. The maximum absolute atomic E-state index is 11.6. The number of benzene rings is 3. The SMILES string of the molecule is COc1cc(NS(C)(=O)=O)ccc1Nc1c2ccccc2nc2c1[nH]c1c(C)cccc12. The van der Waals surface area contributed by atoms with E-state index < -0.39 is 10.0 Å². The highest BCUT2D eigenvalue weighted by atomic mass is 32.2. The Kier molecular flexibility index (Phi) is 4.67. The third-order valence-electron chi connectivity index (χ3n) is 5.43. The zero-order valence-electron chi connectivity index (χ0n) is 17.9.